The largest absolute Gasteiger partial charge is 0.355 e. The Labute approximate surface area is 251 Å². The van der Waals surface area contributed by atoms with E-state index in [4.69, 9.17) is 4.98 Å². The van der Waals surface area contributed by atoms with E-state index in [0.717, 1.165) is 12.0 Å². The van der Waals surface area contributed by atoms with Gasteiger partial charge in [0.15, 0.2) is 11.5 Å². The van der Waals surface area contributed by atoms with Crippen LogP contribution in [0.1, 0.15) is 43.9 Å². The quantitative estimate of drug-likeness (QED) is 0.297. The number of pyridine rings is 2. The van der Waals surface area contributed by atoms with Crippen molar-refractivity contribution in [3.05, 3.63) is 82.6 Å². The summed E-state index contributed by atoms with van der Waals surface area (Å²) in [6, 6.07) is 7.82. The molecule has 3 aliphatic rings. The lowest BCUT2D eigenvalue weighted by atomic mass is 10.0. The zero-order valence-electron chi connectivity index (χ0n) is 23.9. The molecule has 43 heavy (non-hydrogen) atoms. The van der Waals surface area contributed by atoms with Crippen LogP contribution in [0.5, 0.6) is 0 Å². The van der Waals surface area contributed by atoms with Crippen LogP contribution in [0.4, 0.5) is 14.6 Å². The first-order valence-corrected chi connectivity index (χ1v) is 15.5. The Morgan fingerprint density at radius 3 is 2.77 bits per heavy atom. The van der Waals surface area contributed by atoms with Gasteiger partial charge < -0.3 is 9.80 Å². The number of halogens is 2. The Morgan fingerprint density at radius 2 is 1.98 bits per heavy atom. The smallest absolute Gasteiger partial charge is 0.349 e. The normalized spacial score (nSPS) is 19.4. The van der Waals surface area contributed by atoms with Gasteiger partial charge >= 0.3 is 5.69 Å². The molecule has 1 saturated carbocycles. The summed E-state index contributed by atoms with van der Waals surface area (Å²) < 4.78 is 33.0. The number of fused-ring (bicyclic) bond motifs is 6. The molecule has 0 spiro atoms. The number of hydrogen-bond donors (Lipinski definition) is 0. The second-order valence-electron chi connectivity index (χ2n) is 11.5. The first kappa shape index (κ1) is 27.7. The van der Waals surface area contributed by atoms with E-state index in [-0.39, 0.29) is 40.8 Å². The summed E-state index contributed by atoms with van der Waals surface area (Å²) in [6.07, 6.45) is 5.17. The van der Waals surface area contributed by atoms with E-state index in [1.54, 1.807) is 23.2 Å². The van der Waals surface area contributed by atoms with Crippen molar-refractivity contribution in [2.75, 3.05) is 23.7 Å². The second kappa shape index (κ2) is 10.6. The maximum Gasteiger partial charge on any atom is 0.355 e. The summed E-state index contributed by atoms with van der Waals surface area (Å²) in [5.74, 6) is -0.458. The topological polar surface area (TPSA) is 84.2 Å². The highest BCUT2D eigenvalue weighted by atomic mass is 32.2. The molecule has 5 heterocycles. The molecule has 2 aliphatic heterocycles. The van der Waals surface area contributed by atoms with Gasteiger partial charge in [-0.15, -0.1) is 11.8 Å². The van der Waals surface area contributed by atoms with Crippen molar-refractivity contribution in [1.82, 2.24) is 24.4 Å². The van der Waals surface area contributed by atoms with Crippen LogP contribution in [0.25, 0.3) is 28.0 Å². The Morgan fingerprint density at radius 1 is 1.14 bits per heavy atom. The van der Waals surface area contributed by atoms with Crippen molar-refractivity contribution in [1.29, 1.82) is 0 Å². The zero-order valence-corrected chi connectivity index (χ0v) is 24.7. The summed E-state index contributed by atoms with van der Waals surface area (Å²) >= 11 is 1.46. The van der Waals surface area contributed by atoms with Crippen molar-refractivity contribution in [2.45, 2.75) is 56.0 Å². The van der Waals surface area contributed by atoms with Crippen molar-refractivity contribution in [3.8, 4) is 16.9 Å². The van der Waals surface area contributed by atoms with E-state index < -0.39 is 17.3 Å². The van der Waals surface area contributed by atoms with Gasteiger partial charge in [-0.3, -0.25) is 9.78 Å². The summed E-state index contributed by atoms with van der Waals surface area (Å²) in [5, 5.41) is 0.349. The second-order valence-corrected chi connectivity index (χ2v) is 12.6. The maximum atomic E-state index is 16.2. The fourth-order valence-corrected chi connectivity index (χ4v) is 7.46. The van der Waals surface area contributed by atoms with Gasteiger partial charge in [0.25, 0.3) is 0 Å². The molecule has 1 aliphatic carbocycles. The van der Waals surface area contributed by atoms with E-state index in [0.29, 0.717) is 59.2 Å². The summed E-state index contributed by atoms with van der Waals surface area (Å²) in [4.78, 5) is 44.9. The third-order valence-electron chi connectivity index (χ3n) is 8.50. The van der Waals surface area contributed by atoms with Crippen molar-refractivity contribution >= 4 is 34.5 Å². The number of carbonyl (C=O) groups excluding carboxylic acids is 1. The third-order valence-corrected chi connectivity index (χ3v) is 9.65. The number of amides is 1. The number of thioether (sulfide) groups is 1. The molecule has 11 heteroatoms. The SMILES string of the molecule is C=CC(=O)N1CCN(c2nc(=O)n3c4nc(c(F)cc24)-c2c(F)cccc2SCCCc2ccnc(C(C)C)c2-3)[C@@H]2C[C@@H]21. The lowest BCUT2D eigenvalue weighted by molar-refractivity contribution is -0.126. The predicted octanol–water partition coefficient (Wildman–Crippen LogP) is 5.26. The highest BCUT2D eigenvalue weighted by Crippen LogP contribution is 2.42. The molecule has 8 nitrogen and oxygen atoms in total. The van der Waals surface area contributed by atoms with Gasteiger partial charge in [0.1, 0.15) is 17.3 Å². The van der Waals surface area contributed by atoms with Crippen LogP contribution in [-0.4, -0.2) is 61.3 Å². The van der Waals surface area contributed by atoms with Gasteiger partial charge in [-0.2, -0.15) is 4.98 Å². The van der Waals surface area contributed by atoms with Crippen LogP contribution in [-0.2, 0) is 11.2 Å². The molecule has 3 aromatic heterocycles. The zero-order chi connectivity index (χ0) is 30.0. The first-order valence-electron chi connectivity index (χ1n) is 14.5. The monoisotopic (exact) mass is 600 g/mol. The van der Waals surface area contributed by atoms with Crippen LogP contribution in [0.2, 0.25) is 0 Å². The van der Waals surface area contributed by atoms with E-state index >= 15 is 8.78 Å². The molecular weight excluding hydrogens is 570 g/mol. The molecule has 2 fully saturated rings. The maximum absolute atomic E-state index is 16.2. The average molecular weight is 601 g/mol. The number of carbonyl (C=O) groups is 1. The number of nitrogens with zero attached hydrogens (tertiary/aromatic N) is 6. The molecule has 220 valence electrons. The Kier molecular flexibility index (Phi) is 6.80. The number of anilines is 1. The minimum Gasteiger partial charge on any atom is -0.349 e. The number of piperazine rings is 1. The Balaban J connectivity index is 1.53. The summed E-state index contributed by atoms with van der Waals surface area (Å²) in [7, 11) is 0. The minimum atomic E-state index is -0.701. The van der Waals surface area contributed by atoms with Crippen molar-refractivity contribution < 1.29 is 13.6 Å². The molecule has 1 saturated heterocycles. The van der Waals surface area contributed by atoms with E-state index in [2.05, 4.69) is 16.5 Å². The predicted molar refractivity (Wildman–Crippen MR) is 163 cm³/mol. The van der Waals surface area contributed by atoms with Gasteiger partial charge in [-0.05, 0) is 66.8 Å². The van der Waals surface area contributed by atoms with Crippen LogP contribution in [0.15, 0.2) is 58.9 Å². The van der Waals surface area contributed by atoms with Crippen LogP contribution < -0.4 is 10.6 Å². The number of aryl methyl sites for hydroxylation is 1. The Bertz CT molecular complexity index is 1880. The van der Waals surface area contributed by atoms with Crippen molar-refractivity contribution in [3.63, 3.8) is 0 Å². The lowest BCUT2D eigenvalue weighted by Gasteiger charge is -2.35. The molecule has 1 amide bonds. The highest BCUT2D eigenvalue weighted by Gasteiger charge is 2.51. The molecule has 0 unspecified atom stereocenters. The van der Waals surface area contributed by atoms with Gasteiger partial charge in [0.05, 0.1) is 34.4 Å². The van der Waals surface area contributed by atoms with Crippen LogP contribution in [0, 0.1) is 11.6 Å². The number of benzene rings is 1. The molecule has 1 aromatic carbocycles. The van der Waals surface area contributed by atoms with Gasteiger partial charge in [0.2, 0.25) is 5.91 Å². The number of hydrogen-bond acceptors (Lipinski definition) is 7. The minimum absolute atomic E-state index is 0.0281. The lowest BCUT2D eigenvalue weighted by Crippen LogP contribution is -2.49. The highest BCUT2D eigenvalue weighted by molar-refractivity contribution is 7.99. The summed E-state index contributed by atoms with van der Waals surface area (Å²) in [5.41, 5.74) is 1.79. The Hall–Kier alpha value is -4.12. The standard InChI is InChI=1S/C32H30F2N6O2S/c1-4-25(41)38-12-13-39(23-16-22(23)38)30-19-15-21(34)28-26-20(33)8-5-9-24(26)43-14-6-7-18-10-11-35-27(17(2)3)29(18)40(31(19)36-28)32(42)37-30/h4-5,8-11,15,17,22-23H,1,6-7,12-14,16H2,2-3H3/t22-,23+/m0/s1. The molecule has 7 rings (SSSR count). The van der Waals surface area contributed by atoms with Gasteiger partial charge in [-0.1, -0.05) is 26.5 Å². The third kappa shape index (κ3) is 4.52. The molecule has 4 aromatic rings. The van der Waals surface area contributed by atoms with Crippen molar-refractivity contribution in [2.24, 2.45) is 0 Å². The fourth-order valence-electron chi connectivity index (χ4n) is 6.43. The van der Waals surface area contributed by atoms with Crippen LogP contribution >= 0.6 is 11.8 Å². The van der Waals surface area contributed by atoms with E-state index in [9.17, 15) is 9.59 Å². The fraction of sp³-hybridized carbons (Fsp3) is 0.344. The number of aromatic nitrogens is 4. The van der Waals surface area contributed by atoms with Crippen LogP contribution in [0.3, 0.4) is 0 Å². The molecular formula is C32H30F2N6O2S. The first-order chi connectivity index (χ1) is 20.8. The number of rotatable bonds is 3. The van der Waals surface area contributed by atoms with Gasteiger partial charge in [0, 0.05) is 24.2 Å². The summed E-state index contributed by atoms with van der Waals surface area (Å²) in [6.45, 7) is 8.46. The molecule has 2 bridgehead atoms. The average Bonchev–Trinajstić information content (AvgIpc) is 3.79. The molecule has 2 atom stereocenters. The van der Waals surface area contributed by atoms with E-state index in [1.165, 1.54) is 34.5 Å². The molecule has 0 N–H and O–H groups in total. The van der Waals surface area contributed by atoms with E-state index in [1.807, 2.05) is 24.8 Å². The van der Waals surface area contributed by atoms with Gasteiger partial charge in [-0.25, -0.2) is 23.1 Å². The molecule has 0 radical (unpaired) electrons.